The van der Waals surface area contributed by atoms with Gasteiger partial charge in [0.15, 0.2) is 5.78 Å². The highest BCUT2D eigenvalue weighted by Crippen LogP contribution is 2.43. The maximum absolute atomic E-state index is 12.9. The van der Waals surface area contributed by atoms with Crippen molar-refractivity contribution in [2.24, 2.45) is 11.8 Å². The number of carbonyl (C=O) groups excluding carboxylic acids is 4. The van der Waals surface area contributed by atoms with Crippen LogP contribution in [0.4, 0.5) is 0 Å². The van der Waals surface area contributed by atoms with E-state index in [9.17, 15) is 19.2 Å². The predicted molar refractivity (Wildman–Crippen MR) is 126 cm³/mol. The van der Waals surface area contributed by atoms with Crippen LogP contribution in [0.15, 0.2) is 66.7 Å². The van der Waals surface area contributed by atoms with E-state index in [1.807, 2.05) is 42.5 Å². The van der Waals surface area contributed by atoms with Gasteiger partial charge in [0.05, 0.1) is 12.0 Å². The number of benzene rings is 2. The standard InChI is InChI=1S/C28H28O6/c1-2-21(29)12-13-22(30)14-15-23-24-16-27(31)33-26(24)17-25(23)34-28(32)20-10-8-19(9-11-20)18-6-4-3-5-7-18/h3-11,14-15,23-26H,2,12-13,16-17H2,1H3/b15-14+/t23-,24-,25-,26+/m1/s1. The number of ether oxygens (including phenoxy) is 2. The topological polar surface area (TPSA) is 86.7 Å². The Bertz CT molecular complexity index is 1090. The second kappa shape index (κ2) is 10.6. The Labute approximate surface area is 198 Å². The highest BCUT2D eigenvalue weighted by atomic mass is 16.6. The SMILES string of the molecule is CCC(=O)CCC(=O)/C=C/[C@@H]1[C@H]2CC(=O)O[C@H]2C[C@H]1OC(=O)c1ccc(-c2ccccc2)cc1. The monoisotopic (exact) mass is 460 g/mol. The van der Waals surface area contributed by atoms with Gasteiger partial charge >= 0.3 is 11.9 Å². The molecule has 2 fully saturated rings. The Balaban J connectivity index is 1.43. The summed E-state index contributed by atoms with van der Waals surface area (Å²) in [5, 5.41) is 0. The predicted octanol–water partition coefficient (Wildman–Crippen LogP) is 4.72. The molecule has 2 aliphatic rings. The van der Waals surface area contributed by atoms with Crippen LogP contribution < -0.4 is 0 Å². The van der Waals surface area contributed by atoms with E-state index in [2.05, 4.69) is 0 Å². The van der Waals surface area contributed by atoms with Crippen LogP contribution in [-0.2, 0) is 23.9 Å². The normalized spacial score (nSPS) is 23.5. The lowest BCUT2D eigenvalue weighted by Crippen LogP contribution is -2.25. The number of fused-ring (bicyclic) bond motifs is 1. The quantitative estimate of drug-likeness (QED) is 0.398. The number of ketones is 2. The average molecular weight is 461 g/mol. The van der Waals surface area contributed by atoms with E-state index in [1.54, 1.807) is 25.1 Å². The molecule has 0 unspecified atom stereocenters. The summed E-state index contributed by atoms with van der Waals surface area (Å²) in [6.45, 7) is 1.77. The molecule has 0 radical (unpaired) electrons. The third kappa shape index (κ3) is 5.50. The molecule has 0 bridgehead atoms. The van der Waals surface area contributed by atoms with Gasteiger partial charge in [-0.1, -0.05) is 55.5 Å². The molecule has 0 spiro atoms. The Morgan fingerprint density at radius 2 is 1.71 bits per heavy atom. The second-order valence-electron chi connectivity index (χ2n) is 8.81. The minimum Gasteiger partial charge on any atom is -0.462 e. The Morgan fingerprint density at radius 1 is 1.00 bits per heavy atom. The van der Waals surface area contributed by atoms with Crippen molar-refractivity contribution in [2.75, 3.05) is 0 Å². The van der Waals surface area contributed by atoms with E-state index in [-0.39, 0.29) is 54.7 Å². The van der Waals surface area contributed by atoms with Crippen molar-refractivity contribution >= 4 is 23.5 Å². The van der Waals surface area contributed by atoms with Gasteiger partial charge in [-0.2, -0.15) is 0 Å². The van der Waals surface area contributed by atoms with Crippen LogP contribution in [0.3, 0.4) is 0 Å². The zero-order valence-electron chi connectivity index (χ0n) is 19.1. The van der Waals surface area contributed by atoms with Crippen LogP contribution in [0.2, 0.25) is 0 Å². The van der Waals surface area contributed by atoms with Gasteiger partial charge in [0.25, 0.3) is 0 Å². The number of esters is 2. The summed E-state index contributed by atoms with van der Waals surface area (Å²) in [7, 11) is 0. The smallest absolute Gasteiger partial charge is 0.338 e. The summed E-state index contributed by atoms with van der Waals surface area (Å²) in [6.07, 6.45) is 3.78. The molecule has 1 saturated carbocycles. The van der Waals surface area contributed by atoms with E-state index in [1.165, 1.54) is 6.08 Å². The summed E-state index contributed by atoms with van der Waals surface area (Å²) >= 11 is 0. The fourth-order valence-electron chi connectivity index (χ4n) is 4.67. The third-order valence-electron chi connectivity index (χ3n) is 6.59. The highest BCUT2D eigenvalue weighted by molar-refractivity contribution is 5.93. The molecule has 1 saturated heterocycles. The summed E-state index contributed by atoms with van der Waals surface area (Å²) in [6, 6.07) is 17.1. The van der Waals surface area contributed by atoms with Crippen molar-refractivity contribution in [3.8, 4) is 11.1 Å². The lowest BCUT2D eigenvalue weighted by molar-refractivity contribution is -0.141. The van der Waals surface area contributed by atoms with Gasteiger partial charge in [0.2, 0.25) is 0 Å². The molecule has 6 nitrogen and oxygen atoms in total. The molecular weight excluding hydrogens is 432 g/mol. The van der Waals surface area contributed by atoms with Gasteiger partial charge in [-0.05, 0) is 29.3 Å². The Morgan fingerprint density at radius 3 is 2.41 bits per heavy atom. The summed E-state index contributed by atoms with van der Waals surface area (Å²) in [5.41, 5.74) is 2.49. The van der Waals surface area contributed by atoms with Crippen molar-refractivity contribution in [3.63, 3.8) is 0 Å². The molecule has 2 aromatic carbocycles. The first-order valence-corrected chi connectivity index (χ1v) is 11.7. The van der Waals surface area contributed by atoms with E-state index in [0.717, 1.165) is 11.1 Å². The zero-order valence-corrected chi connectivity index (χ0v) is 19.1. The van der Waals surface area contributed by atoms with Crippen LogP contribution in [0.1, 0.15) is 49.4 Å². The van der Waals surface area contributed by atoms with E-state index in [4.69, 9.17) is 9.47 Å². The van der Waals surface area contributed by atoms with Crippen LogP contribution in [0.25, 0.3) is 11.1 Å². The van der Waals surface area contributed by atoms with Crippen LogP contribution in [0.5, 0.6) is 0 Å². The largest absolute Gasteiger partial charge is 0.462 e. The molecule has 2 aromatic rings. The van der Waals surface area contributed by atoms with Gasteiger partial charge in [-0.15, -0.1) is 0 Å². The zero-order chi connectivity index (χ0) is 24.1. The summed E-state index contributed by atoms with van der Waals surface area (Å²) in [4.78, 5) is 48.4. The second-order valence-corrected chi connectivity index (χ2v) is 8.81. The summed E-state index contributed by atoms with van der Waals surface area (Å²) < 4.78 is 11.2. The van der Waals surface area contributed by atoms with Gasteiger partial charge in [0, 0.05) is 37.5 Å². The fraction of sp³-hybridized carbons (Fsp3) is 0.357. The molecule has 0 aromatic heterocycles. The molecule has 176 valence electrons. The molecule has 4 rings (SSSR count). The number of hydrogen-bond donors (Lipinski definition) is 0. The summed E-state index contributed by atoms with van der Waals surface area (Å²) in [5.74, 6) is -1.26. The van der Waals surface area contributed by atoms with Crippen LogP contribution in [0, 0.1) is 11.8 Å². The molecule has 1 heterocycles. The number of carbonyl (C=O) groups is 4. The number of hydrogen-bond acceptors (Lipinski definition) is 6. The molecule has 1 aliphatic heterocycles. The lowest BCUT2D eigenvalue weighted by atomic mass is 9.91. The molecular formula is C28H28O6. The molecule has 0 amide bonds. The van der Waals surface area contributed by atoms with Crippen molar-refractivity contribution < 1.29 is 28.7 Å². The minimum atomic E-state index is -0.495. The number of Topliss-reactive ketones (excluding diaryl/α,β-unsaturated/α-hetero) is 1. The molecule has 1 aliphatic carbocycles. The molecule has 6 heteroatoms. The van der Waals surface area contributed by atoms with Crippen molar-refractivity contribution in [1.82, 2.24) is 0 Å². The number of rotatable bonds is 9. The van der Waals surface area contributed by atoms with E-state index >= 15 is 0 Å². The first-order chi connectivity index (χ1) is 16.4. The first-order valence-electron chi connectivity index (χ1n) is 11.7. The molecule has 34 heavy (non-hydrogen) atoms. The van der Waals surface area contributed by atoms with E-state index < -0.39 is 12.1 Å². The van der Waals surface area contributed by atoms with Crippen LogP contribution in [-0.4, -0.2) is 35.7 Å². The third-order valence-corrected chi connectivity index (χ3v) is 6.59. The molecule has 4 atom stereocenters. The van der Waals surface area contributed by atoms with Crippen molar-refractivity contribution in [3.05, 3.63) is 72.3 Å². The number of allylic oxidation sites excluding steroid dienone is 1. The maximum atomic E-state index is 12.9. The van der Waals surface area contributed by atoms with Gasteiger partial charge < -0.3 is 9.47 Å². The van der Waals surface area contributed by atoms with E-state index in [0.29, 0.717) is 18.4 Å². The molecule has 0 N–H and O–H groups in total. The van der Waals surface area contributed by atoms with Crippen LogP contribution >= 0.6 is 0 Å². The Kier molecular flexibility index (Phi) is 7.36. The van der Waals surface area contributed by atoms with Gasteiger partial charge in [-0.3, -0.25) is 14.4 Å². The lowest BCUT2D eigenvalue weighted by Gasteiger charge is -2.20. The van der Waals surface area contributed by atoms with Crippen molar-refractivity contribution in [1.29, 1.82) is 0 Å². The van der Waals surface area contributed by atoms with Gasteiger partial charge in [0.1, 0.15) is 18.0 Å². The van der Waals surface area contributed by atoms with Gasteiger partial charge in [-0.25, -0.2) is 4.79 Å². The maximum Gasteiger partial charge on any atom is 0.338 e. The first kappa shape index (κ1) is 23.6. The minimum absolute atomic E-state index is 0.0440. The average Bonchev–Trinajstić information content (AvgIpc) is 3.36. The van der Waals surface area contributed by atoms with Crippen molar-refractivity contribution in [2.45, 2.75) is 51.2 Å². The Hall–Kier alpha value is -3.54. The highest BCUT2D eigenvalue weighted by Gasteiger charge is 2.50. The fourth-order valence-corrected chi connectivity index (χ4v) is 4.67.